The lowest BCUT2D eigenvalue weighted by molar-refractivity contribution is -0.133. The predicted molar refractivity (Wildman–Crippen MR) is 70.7 cm³/mol. The van der Waals surface area contributed by atoms with Gasteiger partial charge in [-0.1, -0.05) is 0 Å². The molecule has 1 saturated carbocycles. The fraction of sp³-hybridized carbons (Fsp3) is 0.833. The third kappa shape index (κ3) is 4.49. The van der Waals surface area contributed by atoms with Crippen molar-refractivity contribution in [2.75, 3.05) is 44.2 Å². The number of carbonyl (C=O) groups excluding carboxylic acids is 1. The average Bonchev–Trinajstić information content (AvgIpc) is 3.13. The van der Waals surface area contributed by atoms with Gasteiger partial charge in [-0.3, -0.25) is 14.5 Å². The molecule has 1 amide bonds. The summed E-state index contributed by atoms with van der Waals surface area (Å²) in [5, 5.41) is 8.51. The molecule has 6 heteroatoms. The third-order valence-corrected chi connectivity index (χ3v) is 4.29. The minimum atomic E-state index is -0.859. The molecule has 1 aliphatic carbocycles. The molecule has 0 radical (unpaired) electrons. The largest absolute Gasteiger partial charge is 0.481 e. The highest BCUT2D eigenvalue weighted by Crippen LogP contribution is 2.29. The van der Waals surface area contributed by atoms with Crippen molar-refractivity contribution in [2.45, 2.75) is 12.8 Å². The van der Waals surface area contributed by atoms with Gasteiger partial charge in [0, 0.05) is 32.7 Å². The Kier molecular flexibility index (Phi) is 4.88. The predicted octanol–water partition coefficient (Wildman–Crippen LogP) is 0.358. The molecular weight excluding hydrogens is 252 g/mol. The van der Waals surface area contributed by atoms with Crippen molar-refractivity contribution in [3.05, 3.63) is 0 Å². The first kappa shape index (κ1) is 13.7. The molecule has 1 aliphatic heterocycles. The normalized spacial score (nSPS) is 21.0. The van der Waals surface area contributed by atoms with Crippen LogP contribution in [0.4, 0.5) is 0 Å². The quantitative estimate of drug-likeness (QED) is 0.756. The Morgan fingerprint density at radius 1 is 1.11 bits per heavy atom. The third-order valence-electron chi connectivity index (χ3n) is 3.39. The molecule has 0 bridgehead atoms. The van der Waals surface area contributed by atoms with Crippen molar-refractivity contribution in [3.8, 4) is 0 Å². The zero-order chi connectivity index (χ0) is 13.0. The standard InChI is InChI=1S/C12H20N2O3S/c15-11(8-18-9-12(16)17)14-5-3-13(4-6-14)7-10-1-2-10/h10H,1-9H2,(H,16,17). The van der Waals surface area contributed by atoms with Gasteiger partial charge >= 0.3 is 5.97 Å². The SMILES string of the molecule is O=C(O)CSCC(=O)N1CCN(CC2CC2)CC1. The molecule has 2 fully saturated rings. The molecule has 2 aliphatic rings. The van der Waals surface area contributed by atoms with Gasteiger partial charge in [-0.15, -0.1) is 11.8 Å². The van der Waals surface area contributed by atoms with Crippen LogP contribution in [0, 0.1) is 5.92 Å². The monoisotopic (exact) mass is 272 g/mol. The average molecular weight is 272 g/mol. The minimum absolute atomic E-state index is 0.00733. The first-order chi connectivity index (χ1) is 8.65. The van der Waals surface area contributed by atoms with Crippen molar-refractivity contribution in [3.63, 3.8) is 0 Å². The summed E-state index contributed by atoms with van der Waals surface area (Å²) in [7, 11) is 0. The van der Waals surface area contributed by atoms with Crippen LogP contribution in [0.25, 0.3) is 0 Å². The van der Waals surface area contributed by atoms with E-state index in [1.807, 2.05) is 4.90 Å². The molecule has 0 aromatic heterocycles. The van der Waals surface area contributed by atoms with Gasteiger partial charge in [0.2, 0.25) is 5.91 Å². The maximum Gasteiger partial charge on any atom is 0.313 e. The molecule has 5 nitrogen and oxygen atoms in total. The number of aliphatic carboxylic acids is 1. The topological polar surface area (TPSA) is 60.9 Å². The van der Waals surface area contributed by atoms with E-state index in [2.05, 4.69) is 4.90 Å². The van der Waals surface area contributed by atoms with Crippen LogP contribution >= 0.6 is 11.8 Å². The van der Waals surface area contributed by atoms with Gasteiger partial charge in [0.05, 0.1) is 11.5 Å². The second-order valence-corrected chi connectivity index (χ2v) is 6.00. The number of hydrogen-bond acceptors (Lipinski definition) is 4. The van der Waals surface area contributed by atoms with Crippen LogP contribution in [-0.4, -0.2) is 71.0 Å². The zero-order valence-electron chi connectivity index (χ0n) is 10.5. The molecule has 1 heterocycles. The number of amides is 1. The lowest BCUT2D eigenvalue weighted by Gasteiger charge is -2.34. The second-order valence-electron chi connectivity index (χ2n) is 5.01. The van der Waals surface area contributed by atoms with Gasteiger partial charge in [0.15, 0.2) is 0 Å². The van der Waals surface area contributed by atoms with Crippen LogP contribution in [0.3, 0.4) is 0 Å². The second kappa shape index (κ2) is 6.43. The van der Waals surface area contributed by atoms with Crippen LogP contribution in [0.1, 0.15) is 12.8 Å². The molecule has 102 valence electrons. The summed E-state index contributed by atoms with van der Waals surface area (Å²) in [4.78, 5) is 26.5. The molecule has 2 rings (SSSR count). The van der Waals surface area contributed by atoms with Crippen LogP contribution in [-0.2, 0) is 9.59 Å². The van der Waals surface area contributed by atoms with E-state index in [1.165, 1.54) is 31.1 Å². The maximum absolute atomic E-state index is 11.8. The number of carboxylic acid groups (broad SMARTS) is 1. The summed E-state index contributed by atoms with van der Waals surface area (Å²) in [5.74, 6) is 0.412. The van der Waals surface area contributed by atoms with E-state index in [1.54, 1.807) is 0 Å². The van der Waals surface area contributed by atoms with E-state index in [-0.39, 0.29) is 17.4 Å². The molecule has 0 spiro atoms. The number of carbonyl (C=O) groups is 2. The Balaban J connectivity index is 1.61. The van der Waals surface area contributed by atoms with Crippen LogP contribution in [0.15, 0.2) is 0 Å². The summed E-state index contributed by atoms with van der Waals surface area (Å²) >= 11 is 1.18. The van der Waals surface area contributed by atoms with E-state index in [0.717, 1.165) is 32.1 Å². The number of hydrogen-bond donors (Lipinski definition) is 1. The number of thioether (sulfide) groups is 1. The van der Waals surface area contributed by atoms with Gasteiger partial charge in [0.1, 0.15) is 0 Å². The first-order valence-corrected chi connectivity index (χ1v) is 7.60. The molecule has 0 aromatic rings. The maximum atomic E-state index is 11.8. The highest BCUT2D eigenvalue weighted by atomic mass is 32.2. The van der Waals surface area contributed by atoms with E-state index in [0.29, 0.717) is 0 Å². The summed E-state index contributed by atoms with van der Waals surface area (Å²) in [6.45, 7) is 4.70. The summed E-state index contributed by atoms with van der Waals surface area (Å²) in [6.07, 6.45) is 2.73. The van der Waals surface area contributed by atoms with Crippen molar-refractivity contribution < 1.29 is 14.7 Å². The highest BCUT2D eigenvalue weighted by molar-refractivity contribution is 8.00. The summed E-state index contributed by atoms with van der Waals surface area (Å²) < 4.78 is 0. The molecule has 18 heavy (non-hydrogen) atoms. The van der Waals surface area contributed by atoms with Gasteiger partial charge in [-0.05, 0) is 18.8 Å². The van der Waals surface area contributed by atoms with Gasteiger partial charge in [-0.25, -0.2) is 0 Å². The van der Waals surface area contributed by atoms with Crippen molar-refractivity contribution in [1.29, 1.82) is 0 Å². The van der Waals surface area contributed by atoms with Gasteiger partial charge < -0.3 is 10.0 Å². The molecule has 0 atom stereocenters. The van der Waals surface area contributed by atoms with Crippen molar-refractivity contribution >= 4 is 23.6 Å². The van der Waals surface area contributed by atoms with Crippen LogP contribution < -0.4 is 0 Å². The van der Waals surface area contributed by atoms with Gasteiger partial charge in [-0.2, -0.15) is 0 Å². The van der Waals surface area contributed by atoms with E-state index in [9.17, 15) is 9.59 Å². The molecular formula is C12H20N2O3S. The minimum Gasteiger partial charge on any atom is -0.481 e. The lowest BCUT2D eigenvalue weighted by atomic mass is 10.3. The number of piperazine rings is 1. The first-order valence-electron chi connectivity index (χ1n) is 6.45. The number of carboxylic acids is 1. The van der Waals surface area contributed by atoms with E-state index < -0.39 is 5.97 Å². The Bertz CT molecular complexity index is 312. The highest BCUT2D eigenvalue weighted by Gasteiger charge is 2.27. The molecule has 1 saturated heterocycles. The van der Waals surface area contributed by atoms with Gasteiger partial charge in [0.25, 0.3) is 0 Å². The van der Waals surface area contributed by atoms with Crippen molar-refractivity contribution in [2.24, 2.45) is 5.92 Å². The van der Waals surface area contributed by atoms with Crippen molar-refractivity contribution in [1.82, 2.24) is 9.80 Å². The Hall–Kier alpha value is -0.750. The fourth-order valence-corrected chi connectivity index (χ4v) is 2.80. The van der Waals surface area contributed by atoms with Crippen LogP contribution in [0.2, 0.25) is 0 Å². The van der Waals surface area contributed by atoms with Crippen LogP contribution in [0.5, 0.6) is 0 Å². The molecule has 1 N–H and O–H groups in total. The molecule has 0 unspecified atom stereocenters. The fourth-order valence-electron chi connectivity index (χ4n) is 2.16. The Morgan fingerprint density at radius 2 is 1.78 bits per heavy atom. The number of nitrogens with zero attached hydrogens (tertiary/aromatic N) is 2. The molecule has 0 aromatic carbocycles. The Labute approximate surface area is 112 Å². The Morgan fingerprint density at radius 3 is 2.33 bits per heavy atom. The zero-order valence-corrected chi connectivity index (χ0v) is 11.3. The smallest absolute Gasteiger partial charge is 0.313 e. The summed E-state index contributed by atoms with van der Waals surface area (Å²) in [6, 6.07) is 0. The summed E-state index contributed by atoms with van der Waals surface area (Å²) in [5.41, 5.74) is 0. The van der Waals surface area contributed by atoms with E-state index in [4.69, 9.17) is 5.11 Å². The van der Waals surface area contributed by atoms with E-state index >= 15 is 0 Å². The lowest BCUT2D eigenvalue weighted by Crippen LogP contribution is -2.49. The number of rotatable bonds is 6.